The first-order valence-corrected chi connectivity index (χ1v) is 16.9. The second-order valence-electron chi connectivity index (χ2n) is 11.0. The maximum absolute atomic E-state index is 13.1. The predicted octanol–water partition coefficient (Wildman–Crippen LogP) is 3.24. The van der Waals surface area contributed by atoms with Crippen LogP contribution in [0.3, 0.4) is 0 Å². The average Bonchev–Trinajstić information content (AvgIpc) is 2.87. The third-order valence-electron chi connectivity index (χ3n) is 6.29. The number of aliphatic hydroxyl groups is 2. The molecule has 4 atom stereocenters. The van der Waals surface area contributed by atoms with Gasteiger partial charge in [0.2, 0.25) is 0 Å². The van der Waals surface area contributed by atoms with Gasteiger partial charge in [0.25, 0.3) is 0 Å². The van der Waals surface area contributed by atoms with Crippen molar-refractivity contribution in [2.75, 3.05) is 19.7 Å². The number of ether oxygens (including phenoxy) is 1. The van der Waals surface area contributed by atoms with Crippen molar-refractivity contribution in [1.29, 1.82) is 0 Å². The molecule has 0 aliphatic carbocycles. The SMILES string of the molecule is C[Si](C)(C)CCOC(=O)N(CC(O)C(Cc1ccccc1)NC(=O)O)C[C@@H](O)[C@H](Cc1ccccc1)NC(=O)O. The van der Waals surface area contributed by atoms with Crippen molar-refractivity contribution < 1.29 is 39.5 Å². The first kappa shape index (κ1) is 32.6. The fraction of sp³-hybridized carbons (Fsp3) is 0.464. The molecule has 6 N–H and O–H groups in total. The summed E-state index contributed by atoms with van der Waals surface area (Å²) in [6, 6.07) is 16.7. The van der Waals surface area contributed by atoms with Gasteiger partial charge >= 0.3 is 18.3 Å². The van der Waals surface area contributed by atoms with E-state index in [0.717, 1.165) is 16.0 Å². The molecule has 0 fully saturated rings. The minimum atomic E-state index is -1.53. The molecule has 2 aromatic rings. The summed E-state index contributed by atoms with van der Waals surface area (Å²) in [5, 5.41) is 45.5. The monoisotopic (exact) mass is 575 g/mol. The lowest BCUT2D eigenvalue weighted by atomic mass is 9.99. The lowest BCUT2D eigenvalue weighted by Gasteiger charge is -2.32. The lowest BCUT2D eigenvalue weighted by Crippen LogP contribution is -2.54. The molecule has 2 aromatic carbocycles. The molecule has 0 saturated heterocycles. The molecule has 0 heterocycles. The van der Waals surface area contributed by atoms with E-state index < -0.39 is 50.6 Å². The molecule has 0 radical (unpaired) electrons. The molecule has 2 rings (SSSR count). The van der Waals surface area contributed by atoms with Gasteiger partial charge < -0.3 is 40.7 Å². The quantitative estimate of drug-likeness (QED) is 0.176. The lowest BCUT2D eigenvalue weighted by molar-refractivity contribution is 0.0298. The molecule has 0 aromatic heterocycles. The van der Waals surface area contributed by atoms with Gasteiger partial charge in [0.05, 0.1) is 44.0 Å². The third-order valence-corrected chi connectivity index (χ3v) is 8.00. The van der Waals surface area contributed by atoms with Crippen LogP contribution in [-0.4, -0.2) is 95.7 Å². The van der Waals surface area contributed by atoms with Crippen LogP contribution < -0.4 is 10.6 Å². The summed E-state index contributed by atoms with van der Waals surface area (Å²) in [5.74, 6) is 0. The summed E-state index contributed by atoms with van der Waals surface area (Å²) in [7, 11) is -1.53. The van der Waals surface area contributed by atoms with E-state index in [0.29, 0.717) is 6.04 Å². The molecule has 0 spiro atoms. The van der Waals surface area contributed by atoms with Gasteiger partial charge in [-0.2, -0.15) is 0 Å². The summed E-state index contributed by atoms with van der Waals surface area (Å²) in [6.07, 6.45) is -5.85. The van der Waals surface area contributed by atoms with Gasteiger partial charge in [-0.15, -0.1) is 0 Å². The second kappa shape index (κ2) is 15.8. The van der Waals surface area contributed by atoms with E-state index in [4.69, 9.17) is 4.74 Å². The molecular weight excluding hydrogens is 534 g/mol. The van der Waals surface area contributed by atoms with Gasteiger partial charge in [0.15, 0.2) is 0 Å². The number of hydrogen-bond acceptors (Lipinski definition) is 6. The standard InChI is InChI=1S/C28H41N3O8Si/c1-40(2,3)15-14-39-28(38)31(18-24(32)22(29-26(34)35)16-20-10-6-4-7-11-20)19-25(33)23(30-27(36)37)17-21-12-8-5-9-13-21/h4-13,22-25,29-30,32-33H,14-19H2,1-3H3,(H,34,35)(H,36,37)/t22-,23?,24+,25?/m0/s1. The fourth-order valence-corrected chi connectivity index (χ4v) is 4.80. The minimum Gasteiger partial charge on any atom is -0.465 e. The molecule has 3 amide bonds. The number of carbonyl (C=O) groups is 3. The maximum Gasteiger partial charge on any atom is 0.409 e. The Labute approximate surface area is 235 Å². The second-order valence-corrected chi connectivity index (χ2v) is 16.6. The van der Waals surface area contributed by atoms with Crippen LogP contribution in [0.4, 0.5) is 14.4 Å². The number of benzene rings is 2. The largest absolute Gasteiger partial charge is 0.465 e. The Morgan fingerprint density at radius 3 is 1.52 bits per heavy atom. The van der Waals surface area contributed by atoms with Crippen LogP contribution in [0, 0.1) is 0 Å². The van der Waals surface area contributed by atoms with Gasteiger partial charge in [-0.1, -0.05) is 80.3 Å². The molecule has 0 aliphatic rings. The Bertz CT molecular complexity index is 999. The van der Waals surface area contributed by atoms with E-state index in [2.05, 4.69) is 30.3 Å². The topological polar surface area (TPSA) is 169 Å². The number of rotatable bonds is 15. The normalized spacial score (nSPS) is 14.3. The minimum absolute atomic E-state index is 0.152. The van der Waals surface area contributed by atoms with Crippen LogP contribution in [0.5, 0.6) is 0 Å². The molecule has 0 aliphatic heterocycles. The Morgan fingerprint density at radius 1 is 0.775 bits per heavy atom. The Balaban J connectivity index is 2.24. The predicted molar refractivity (Wildman–Crippen MR) is 153 cm³/mol. The number of nitrogens with one attached hydrogen (secondary N) is 2. The highest BCUT2D eigenvalue weighted by atomic mass is 28.3. The van der Waals surface area contributed by atoms with Crippen molar-refractivity contribution in [3.8, 4) is 0 Å². The van der Waals surface area contributed by atoms with Crippen molar-refractivity contribution in [1.82, 2.24) is 15.5 Å². The molecule has 0 saturated carbocycles. The Hall–Kier alpha value is -3.61. The molecule has 0 bridgehead atoms. The van der Waals surface area contributed by atoms with Crippen molar-refractivity contribution in [3.05, 3.63) is 71.8 Å². The highest BCUT2D eigenvalue weighted by molar-refractivity contribution is 6.76. The zero-order chi connectivity index (χ0) is 29.7. The molecule has 2 unspecified atom stereocenters. The average molecular weight is 576 g/mol. The zero-order valence-corrected chi connectivity index (χ0v) is 24.2. The van der Waals surface area contributed by atoms with E-state index in [9.17, 15) is 34.8 Å². The van der Waals surface area contributed by atoms with Crippen LogP contribution in [-0.2, 0) is 17.6 Å². The fourth-order valence-electron chi connectivity index (χ4n) is 4.09. The van der Waals surface area contributed by atoms with E-state index >= 15 is 0 Å². The van der Waals surface area contributed by atoms with Crippen molar-refractivity contribution in [2.45, 2.75) is 62.8 Å². The number of carbonyl (C=O) groups excluding carboxylic acids is 1. The van der Waals surface area contributed by atoms with Crippen LogP contribution in [0.2, 0.25) is 25.7 Å². The van der Waals surface area contributed by atoms with Crippen LogP contribution in [0.15, 0.2) is 60.7 Å². The van der Waals surface area contributed by atoms with Crippen LogP contribution in [0.25, 0.3) is 0 Å². The molecule has 40 heavy (non-hydrogen) atoms. The van der Waals surface area contributed by atoms with E-state index in [1.54, 1.807) is 48.5 Å². The summed E-state index contributed by atoms with van der Waals surface area (Å²) < 4.78 is 5.47. The molecular formula is C28H41N3O8Si. The van der Waals surface area contributed by atoms with Crippen molar-refractivity contribution in [3.63, 3.8) is 0 Å². The number of aliphatic hydroxyl groups excluding tert-OH is 2. The smallest absolute Gasteiger partial charge is 0.409 e. The molecule has 12 heteroatoms. The summed E-state index contributed by atoms with van der Waals surface area (Å²) in [6.45, 7) is 5.83. The third kappa shape index (κ3) is 12.5. The summed E-state index contributed by atoms with van der Waals surface area (Å²) in [4.78, 5) is 37.2. The van der Waals surface area contributed by atoms with Gasteiger partial charge in [-0.3, -0.25) is 0 Å². The number of hydrogen-bond donors (Lipinski definition) is 6. The Morgan fingerprint density at radius 2 is 1.18 bits per heavy atom. The highest BCUT2D eigenvalue weighted by Crippen LogP contribution is 2.14. The van der Waals surface area contributed by atoms with Crippen LogP contribution in [0.1, 0.15) is 11.1 Å². The Kier molecular flexibility index (Phi) is 12.9. The van der Waals surface area contributed by atoms with Gasteiger partial charge in [-0.25, -0.2) is 14.4 Å². The summed E-state index contributed by atoms with van der Waals surface area (Å²) in [5.41, 5.74) is 1.55. The van der Waals surface area contributed by atoms with Gasteiger partial charge in [-0.05, 0) is 30.0 Å². The highest BCUT2D eigenvalue weighted by Gasteiger charge is 2.31. The van der Waals surface area contributed by atoms with E-state index in [-0.39, 0.29) is 32.5 Å². The van der Waals surface area contributed by atoms with Gasteiger partial charge in [0.1, 0.15) is 0 Å². The first-order valence-electron chi connectivity index (χ1n) is 13.2. The zero-order valence-electron chi connectivity index (χ0n) is 23.2. The van der Waals surface area contributed by atoms with Crippen LogP contribution >= 0.6 is 0 Å². The first-order chi connectivity index (χ1) is 18.8. The summed E-state index contributed by atoms with van der Waals surface area (Å²) >= 11 is 0. The molecule has 11 nitrogen and oxygen atoms in total. The number of carboxylic acid groups (broad SMARTS) is 2. The van der Waals surface area contributed by atoms with Crippen molar-refractivity contribution >= 4 is 26.4 Å². The van der Waals surface area contributed by atoms with Crippen molar-refractivity contribution in [2.24, 2.45) is 0 Å². The number of nitrogens with zero attached hydrogens (tertiary/aromatic N) is 1. The van der Waals surface area contributed by atoms with E-state index in [1.807, 2.05) is 12.1 Å². The molecule has 220 valence electrons. The number of amides is 3. The maximum atomic E-state index is 13.1. The van der Waals surface area contributed by atoms with Gasteiger partial charge in [0, 0.05) is 8.07 Å². The van der Waals surface area contributed by atoms with E-state index in [1.165, 1.54) is 0 Å².